The number of hydrogen-bond donors (Lipinski definition) is 2. The number of carbonyl (C=O) groups is 2. The standard InChI is InChI=1S/C18H11F6N5O3/c19-17(20,21)11-3-10(4-12(5-11)18(22,23)24)15(30)26-7-14-27-8-28-29(14)13-2-1-9(6-25-13)16(31)32/h1-6,8H,7H2,(H,26,30)(H,31,32). The van der Waals surface area contributed by atoms with Gasteiger partial charge in [0.05, 0.1) is 23.2 Å². The second kappa shape index (κ2) is 8.28. The number of hydrogen-bond acceptors (Lipinski definition) is 5. The Morgan fingerprint density at radius 1 is 0.938 bits per heavy atom. The average Bonchev–Trinajstić information content (AvgIpc) is 3.19. The Kier molecular flexibility index (Phi) is 5.88. The van der Waals surface area contributed by atoms with Crippen LogP contribution in [0.5, 0.6) is 0 Å². The van der Waals surface area contributed by atoms with Gasteiger partial charge in [0.25, 0.3) is 5.91 Å². The minimum Gasteiger partial charge on any atom is -0.478 e. The van der Waals surface area contributed by atoms with Crippen LogP contribution >= 0.6 is 0 Å². The van der Waals surface area contributed by atoms with Crippen molar-refractivity contribution in [1.29, 1.82) is 0 Å². The normalized spacial score (nSPS) is 11.9. The number of carboxylic acids is 1. The van der Waals surface area contributed by atoms with E-state index in [1.165, 1.54) is 12.1 Å². The van der Waals surface area contributed by atoms with Gasteiger partial charge in [0.15, 0.2) is 11.6 Å². The molecule has 3 rings (SSSR count). The van der Waals surface area contributed by atoms with Crippen LogP contribution in [-0.4, -0.2) is 36.7 Å². The largest absolute Gasteiger partial charge is 0.478 e. The molecule has 0 unspecified atom stereocenters. The maximum Gasteiger partial charge on any atom is 0.416 e. The fourth-order valence-electron chi connectivity index (χ4n) is 2.56. The van der Waals surface area contributed by atoms with Gasteiger partial charge in [-0.1, -0.05) is 0 Å². The molecule has 168 valence electrons. The zero-order chi connectivity index (χ0) is 23.7. The van der Waals surface area contributed by atoms with Gasteiger partial charge in [-0.3, -0.25) is 4.79 Å². The molecule has 0 radical (unpaired) electrons. The summed E-state index contributed by atoms with van der Waals surface area (Å²) >= 11 is 0. The Morgan fingerprint density at radius 3 is 2.06 bits per heavy atom. The molecular weight excluding hydrogens is 448 g/mol. The molecule has 0 fully saturated rings. The molecule has 0 aliphatic rings. The highest BCUT2D eigenvalue weighted by Gasteiger charge is 2.37. The lowest BCUT2D eigenvalue weighted by molar-refractivity contribution is -0.143. The van der Waals surface area contributed by atoms with Crippen molar-refractivity contribution in [2.75, 3.05) is 0 Å². The van der Waals surface area contributed by atoms with Crippen LogP contribution in [0.25, 0.3) is 5.82 Å². The molecule has 0 atom stereocenters. The smallest absolute Gasteiger partial charge is 0.416 e. The van der Waals surface area contributed by atoms with Crippen LogP contribution in [0.2, 0.25) is 0 Å². The number of nitrogens with one attached hydrogen (secondary N) is 1. The van der Waals surface area contributed by atoms with Gasteiger partial charge in [-0.05, 0) is 30.3 Å². The highest BCUT2D eigenvalue weighted by atomic mass is 19.4. The van der Waals surface area contributed by atoms with Crippen LogP contribution in [0, 0.1) is 0 Å². The van der Waals surface area contributed by atoms with Gasteiger partial charge in [0.1, 0.15) is 6.33 Å². The van der Waals surface area contributed by atoms with Crippen LogP contribution in [0.1, 0.15) is 37.7 Å². The lowest BCUT2D eigenvalue weighted by Crippen LogP contribution is -2.26. The number of carboxylic acid groups (broad SMARTS) is 1. The Morgan fingerprint density at radius 2 is 1.56 bits per heavy atom. The average molecular weight is 459 g/mol. The van der Waals surface area contributed by atoms with Gasteiger partial charge in [0, 0.05) is 11.8 Å². The third-order valence-corrected chi connectivity index (χ3v) is 4.09. The van der Waals surface area contributed by atoms with Gasteiger partial charge in [-0.2, -0.15) is 36.1 Å². The second-order valence-electron chi connectivity index (χ2n) is 6.28. The number of halogens is 6. The number of nitrogens with zero attached hydrogens (tertiary/aromatic N) is 4. The molecule has 14 heteroatoms. The third kappa shape index (κ3) is 5.01. The lowest BCUT2D eigenvalue weighted by atomic mass is 10.0. The lowest BCUT2D eigenvalue weighted by Gasteiger charge is -2.14. The van der Waals surface area contributed by atoms with E-state index in [-0.39, 0.29) is 23.3 Å². The number of benzene rings is 1. The van der Waals surface area contributed by atoms with Crippen molar-refractivity contribution in [3.05, 3.63) is 70.9 Å². The first-order chi connectivity index (χ1) is 14.9. The minimum atomic E-state index is -5.09. The molecular formula is C18H11F6N5O3. The van der Waals surface area contributed by atoms with Crippen molar-refractivity contribution in [1.82, 2.24) is 25.1 Å². The fourth-order valence-corrected chi connectivity index (χ4v) is 2.56. The summed E-state index contributed by atoms with van der Waals surface area (Å²) in [5.74, 6) is -2.26. The van der Waals surface area contributed by atoms with Gasteiger partial charge in [-0.25, -0.2) is 14.8 Å². The summed E-state index contributed by atoms with van der Waals surface area (Å²) in [6.45, 7) is -0.418. The first kappa shape index (κ1) is 22.7. The van der Waals surface area contributed by atoms with E-state index < -0.39 is 47.5 Å². The predicted molar refractivity (Wildman–Crippen MR) is 93.7 cm³/mol. The van der Waals surface area contributed by atoms with Crippen LogP contribution in [0.3, 0.4) is 0 Å². The van der Waals surface area contributed by atoms with Crippen molar-refractivity contribution in [2.24, 2.45) is 0 Å². The van der Waals surface area contributed by atoms with Crippen molar-refractivity contribution < 1.29 is 41.0 Å². The van der Waals surface area contributed by atoms with Crippen LogP contribution in [-0.2, 0) is 18.9 Å². The Balaban J connectivity index is 1.83. The Hall–Kier alpha value is -3.97. The number of aromatic carboxylic acids is 1. The molecule has 0 saturated heterocycles. The number of alkyl halides is 6. The number of aromatic nitrogens is 4. The minimum absolute atomic E-state index is 0.0388. The van der Waals surface area contributed by atoms with E-state index in [2.05, 4.69) is 20.4 Å². The second-order valence-corrected chi connectivity index (χ2v) is 6.28. The summed E-state index contributed by atoms with van der Waals surface area (Å²) in [6.07, 6.45) is -8.07. The SMILES string of the molecule is O=C(O)c1ccc(-n2ncnc2CNC(=O)c2cc(C(F)(F)F)cc(C(F)(F)F)c2)nc1. The third-order valence-electron chi connectivity index (χ3n) is 4.09. The van der Waals surface area contributed by atoms with Gasteiger partial charge < -0.3 is 10.4 Å². The number of amides is 1. The van der Waals surface area contributed by atoms with Crippen molar-refractivity contribution in [2.45, 2.75) is 18.9 Å². The summed E-state index contributed by atoms with van der Waals surface area (Å²) < 4.78 is 78.9. The van der Waals surface area contributed by atoms with Crippen molar-refractivity contribution in [3.8, 4) is 5.82 Å². The zero-order valence-electron chi connectivity index (χ0n) is 15.6. The molecule has 2 aromatic heterocycles. The molecule has 8 nitrogen and oxygen atoms in total. The molecule has 0 aliphatic carbocycles. The van der Waals surface area contributed by atoms with E-state index in [0.29, 0.717) is 12.1 Å². The highest BCUT2D eigenvalue weighted by Crippen LogP contribution is 2.36. The number of rotatable bonds is 5. The zero-order valence-corrected chi connectivity index (χ0v) is 15.6. The molecule has 0 bridgehead atoms. The van der Waals surface area contributed by atoms with Crippen molar-refractivity contribution >= 4 is 11.9 Å². The Bertz CT molecular complexity index is 1120. The summed E-state index contributed by atoms with van der Waals surface area (Å²) in [7, 11) is 0. The fraction of sp³-hybridized carbons (Fsp3) is 0.167. The molecule has 1 amide bonds. The van der Waals surface area contributed by atoms with E-state index in [1.807, 2.05) is 0 Å². The molecule has 32 heavy (non-hydrogen) atoms. The summed E-state index contributed by atoms with van der Waals surface area (Å²) in [6, 6.07) is 3.06. The van der Waals surface area contributed by atoms with Gasteiger partial charge in [-0.15, -0.1) is 0 Å². The van der Waals surface area contributed by atoms with Gasteiger partial charge in [0.2, 0.25) is 0 Å². The Labute approximate surface area is 174 Å². The monoisotopic (exact) mass is 459 g/mol. The molecule has 0 saturated carbocycles. The molecule has 0 aliphatic heterocycles. The molecule has 1 aromatic carbocycles. The summed E-state index contributed by atoms with van der Waals surface area (Å²) in [5, 5.41) is 14.9. The first-order valence-electron chi connectivity index (χ1n) is 8.52. The summed E-state index contributed by atoms with van der Waals surface area (Å²) in [4.78, 5) is 30.9. The van der Waals surface area contributed by atoms with Crippen molar-refractivity contribution in [3.63, 3.8) is 0 Å². The molecule has 3 aromatic rings. The van der Waals surface area contributed by atoms with E-state index in [1.54, 1.807) is 0 Å². The van der Waals surface area contributed by atoms with E-state index in [0.717, 1.165) is 17.2 Å². The van der Waals surface area contributed by atoms with E-state index in [9.17, 15) is 35.9 Å². The van der Waals surface area contributed by atoms with E-state index >= 15 is 0 Å². The summed E-state index contributed by atoms with van der Waals surface area (Å²) in [5.41, 5.74) is -4.19. The first-order valence-corrected chi connectivity index (χ1v) is 8.52. The number of carbonyl (C=O) groups excluding carboxylic acids is 1. The molecule has 2 N–H and O–H groups in total. The van der Waals surface area contributed by atoms with E-state index in [4.69, 9.17) is 5.11 Å². The van der Waals surface area contributed by atoms with Crippen LogP contribution in [0.4, 0.5) is 26.3 Å². The molecule has 0 spiro atoms. The maximum atomic E-state index is 13.0. The number of pyridine rings is 1. The maximum absolute atomic E-state index is 13.0. The highest BCUT2D eigenvalue weighted by molar-refractivity contribution is 5.94. The van der Waals surface area contributed by atoms with Crippen LogP contribution < -0.4 is 5.32 Å². The topological polar surface area (TPSA) is 110 Å². The van der Waals surface area contributed by atoms with Crippen LogP contribution in [0.15, 0.2) is 42.9 Å². The molecule has 2 heterocycles. The quantitative estimate of drug-likeness (QED) is 0.567. The van der Waals surface area contributed by atoms with Gasteiger partial charge >= 0.3 is 18.3 Å². The predicted octanol–water partition coefficient (Wildman–Crippen LogP) is 3.33.